The molecule has 0 saturated carbocycles. The van der Waals surface area contributed by atoms with Crippen LogP contribution in [0.3, 0.4) is 0 Å². The molecular formula is C20H24N2O2. The van der Waals surface area contributed by atoms with Gasteiger partial charge in [-0.3, -0.25) is 9.59 Å². The van der Waals surface area contributed by atoms with Crippen molar-refractivity contribution < 1.29 is 9.59 Å². The first-order valence-corrected chi connectivity index (χ1v) is 8.16. The van der Waals surface area contributed by atoms with Crippen molar-refractivity contribution >= 4 is 17.5 Å². The van der Waals surface area contributed by atoms with E-state index in [0.717, 1.165) is 22.4 Å². The summed E-state index contributed by atoms with van der Waals surface area (Å²) in [4.78, 5) is 24.0. The summed E-state index contributed by atoms with van der Waals surface area (Å²) in [6.07, 6.45) is 0.274. The van der Waals surface area contributed by atoms with Crippen LogP contribution in [0.1, 0.15) is 36.5 Å². The third-order valence-electron chi connectivity index (χ3n) is 3.79. The molecule has 4 nitrogen and oxygen atoms in total. The van der Waals surface area contributed by atoms with Crippen molar-refractivity contribution in [1.82, 2.24) is 5.32 Å². The lowest BCUT2D eigenvalue weighted by Crippen LogP contribution is -2.34. The van der Waals surface area contributed by atoms with Gasteiger partial charge in [0.2, 0.25) is 11.8 Å². The first-order valence-electron chi connectivity index (χ1n) is 8.16. The fourth-order valence-corrected chi connectivity index (χ4v) is 2.44. The van der Waals surface area contributed by atoms with Gasteiger partial charge in [-0.1, -0.05) is 61.9 Å². The van der Waals surface area contributed by atoms with Crippen LogP contribution in [0.25, 0.3) is 0 Å². The Kier molecular flexibility index (Phi) is 6.13. The van der Waals surface area contributed by atoms with E-state index < -0.39 is 0 Å². The second kappa shape index (κ2) is 8.29. The van der Waals surface area contributed by atoms with Crippen LogP contribution < -0.4 is 10.6 Å². The van der Waals surface area contributed by atoms with Crippen molar-refractivity contribution in [1.29, 1.82) is 0 Å². The van der Waals surface area contributed by atoms with Crippen molar-refractivity contribution in [3.63, 3.8) is 0 Å². The molecule has 0 fully saturated rings. The monoisotopic (exact) mass is 324 g/mol. The average molecular weight is 324 g/mol. The van der Waals surface area contributed by atoms with Crippen LogP contribution in [0.4, 0.5) is 5.69 Å². The van der Waals surface area contributed by atoms with Gasteiger partial charge in [0.25, 0.3) is 0 Å². The van der Waals surface area contributed by atoms with Crippen molar-refractivity contribution in [3.8, 4) is 0 Å². The van der Waals surface area contributed by atoms with E-state index in [1.807, 2.05) is 55.5 Å². The molecule has 24 heavy (non-hydrogen) atoms. The minimum atomic E-state index is -0.222. The van der Waals surface area contributed by atoms with Crippen molar-refractivity contribution in [2.75, 3.05) is 11.9 Å². The maximum atomic E-state index is 12.1. The summed E-state index contributed by atoms with van der Waals surface area (Å²) in [7, 11) is 0. The molecule has 126 valence electrons. The standard InChI is InChI=1S/C20H24N2O2/c1-14(2)17-6-4-5-7-18(17)22-20(24)13-21-19(23)12-16-10-8-15(3)9-11-16/h4-11,14H,12-13H2,1-3H3,(H,21,23)(H,22,24). The van der Waals surface area contributed by atoms with E-state index in [2.05, 4.69) is 24.5 Å². The number of carbonyl (C=O) groups excluding carboxylic acids is 2. The fourth-order valence-electron chi connectivity index (χ4n) is 2.44. The Hall–Kier alpha value is -2.62. The van der Waals surface area contributed by atoms with E-state index in [9.17, 15) is 9.59 Å². The minimum Gasteiger partial charge on any atom is -0.347 e. The molecule has 0 bridgehead atoms. The predicted octanol–water partition coefficient (Wildman–Crippen LogP) is 3.42. The quantitative estimate of drug-likeness (QED) is 0.855. The summed E-state index contributed by atoms with van der Waals surface area (Å²) in [5.41, 5.74) is 3.97. The number of hydrogen-bond donors (Lipinski definition) is 2. The summed E-state index contributed by atoms with van der Waals surface area (Å²) < 4.78 is 0. The number of para-hydroxylation sites is 1. The molecule has 0 saturated heterocycles. The number of hydrogen-bond acceptors (Lipinski definition) is 2. The van der Waals surface area contributed by atoms with E-state index in [4.69, 9.17) is 0 Å². The van der Waals surface area contributed by atoms with Crippen molar-refractivity contribution in [2.45, 2.75) is 33.1 Å². The maximum Gasteiger partial charge on any atom is 0.243 e. The number of nitrogens with one attached hydrogen (secondary N) is 2. The molecule has 0 unspecified atom stereocenters. The highest BCUT2D eigenvalue weighted by molar-refractivity contribution is 5.95. The largest absolute Gasteiger partial charge is 0.347 e. The predicted molar refractivity (Wildman–Crippen MR) is 97.1 cm³/mol. The zero-order chi connectivity index (χ0) is 17.5. The zero-order valence-corrected chi connectivity index (χ0v) is 14.4. The average Bonchev–Trinajstić information content (AvgIpc) is 2.55. The Bertz CT molecular complexity index is 706. The van der Waals surface area contributed by atoms with Crippen molar-refractivity contribution in [2.24, 2.45) is 0 Å². The van der Waals surface area contributed by atoms with Crippen LogP contribution in [0.5, 0.6) is 0 Å². The maximum absolute atomic E-state index is 12.1. The Balaban J connectivity index is 1.85. The van der Waals surface area contributed by atoms with Gasteiger partial charge < -0.3 is 10.6 Å². The molecule has 2 aromatic rings. The fraction of sp³-hybridized carbons (Fsp3) is 0.300. The number of anilines is 1. The number of carbonyl (C=O) groups is 2. The molecule has 0 spiro atoms. The summed E-state index contributed by atoms with van der Waals surface area (Å²) >= 11 is 0. The third kappa shape index (κ3) is 5.23. The van der Waals surface area contributed by atoms with E-state index in [-0.39, 0.29) is 24.8 Å². The second-order valence-corrected chi connectivity index (χ2v) is 6.23. The molecule has 2 rings (SSSR count). The Labute approximate surface area is 143 Å². The first kappa shape index (κ1) is 17.7. The van der Waals surface area contributed by atoms with Gasteiger partial charge in [0, 0.05) is 5.69 Å². The molecule has 4 heteroatoms. The molecule has 0 aliphatic rings. The Morgan fingerprint density at radius 3 is 2.29 bits per heavy atom. The summed E-state index contributed by atoms with van der Waals surface area (Å²) in [6.45, 7) is 6.13. The van der Waals surface area contributed by atoms with Gasteiger partial charge in [-0.15, -0.1) is 0 Å². The van der Waals surface area contributed by atoms with Crippen LogP contribution in [-0.4, -0.2) is 18.4 Å². The second-order valence-electron chi connectivity index (χ2n) is 6.23. The zero-order valence-electron chi connectivity index (χ0n) is 14.4. The van der Waals surface area contributed by atoms with Gasteiger partial charge >= 0.3 is 0 Å². The highest BCUT2D eigenvalue weighted by Gasteiger charge is 2.10. The van der Waals surface area contributed by atoms with Crippen LogP contribution in [0.2, 0.25) is 0 Å². The van der Waals surface area contributed by atoms with Gasteiger partial charge in [0.15, 0.2) is 0 Å². The van der Waals surface area contributed by atoms with Gasteiger partial charge in [-0.05, 0) is 30.0 Å². The van der Waals surface area contributed by atoms with Gasteiger partial charge in [-0.25, -0.2) is 0 Å². The van der Waals surface area contributed by atoms with Crippen LogP contribution in [0.15, 0.2) is 48.5 Å². The van der Waals surface area contributed by atoms with Crippen LogP contribution >= 0.6 is 0 Å². The number of rotatable bonds is 6. The molecule has 2 amide bonds. The number of aryl methyl sites for hydroxylation is 1. The number of benzene rings is 2. The smallest absolute Gasteiger partial charge is 0.243 e. The molecule has 0 radical (unpaired) electrons. The normalized spacial score (nSPS) is 10.5. The lowest BCUT2D eigenvalue weighted by molar-refractivity contribution is -0.123. The minimum absolute atomic E-state index is 0.0306. The highest BCUT2D eigenvalue weighted by Crippen LogP contribution is 2.23. The topological polar surface area (TPSA) is 58.2 Å². The Morgan fingerprint density at radius 2 is 1.62 bits per heavy atom. The molecule has 0 heterocycles. The van der Waals surface area contributed by atoms with Crippen LogP contribution in [-0.2, 0) is 16.0 Å². The van der Waals surface area contributed by atoms with Gasteiger partial charge in [-0.2, -0.15) is 0 Å². The van der Waals surface area contributed by atoms with Gasteiger partial charge in [0.1, 0.15) is 0 Å². The van der Waals surface area contributed by atoms with E-state index in [1.165, 1.54) is 0 Å². The van der Waals surface area contributed by atoms with E-state index in [1.54, 1.807) is 0 Å². The molecular weight excluding hydrogens is 300 g/mol. The molecule has 2 aromatic carbocycles. The number of amides is 2. The van der Waals surface area contributed by atoms with Crippen LogP contribution in [0, 0.1) is 6.92 Å². The van der Waals surface area contributed by atoms with Crippen molar-refractivity contribution in [3.05, 3.63) is 65.2 Å². The molecule has 0 atom stereocenters. The first-order chi connectivity index (χ1) is 11.5. The van der Waals surface area contributed by atoms with E-state index in [0.29, 0.717) is 5.92 Å². The highest BCUT2D eigenvalue weighted by atomic mass is 16.2. The van der Waals surface area contributed by atoms with Gasteiger partial charge in [0.05, 0.1) is 13.0 Å². The summed E-state index contributed by atoms with van der Waals surface area (Å²) in [6, 6.07) is 15.5. The van der Waals surface area contributed by atoms with E-state index >= 15 is 0 Å². The lowest BCUT2D eigenvalue weighted by atomic mass is 10.0. The molecule has 2 N–H and O–H groups in total. The summed E-state index contributed by atoms with van der Waals surface area (Å²) in [5, 5.41) is 5.53. The Morgan fingerprint density at radius 1 is 0.958 bits per heavy atom. The molecule has 0 aliphatic carbocycles. The summed E-state index contributed by atoms with van der Waals surface area (Å²) in [5.74, 6) is -0.0656. The lowest BCUT2D eigenvalue weighted by Gasteiger charge is -2.14. The third-order valence-corrected chi connectivity index (χ3v) is 3.79. The molecule has 0 aliphatic heterocycles. The molecule has 0 aromatic heterocycles. The SMILES string of the molecule is Cc1ccc(CC(=O)NCC(=O)Nc2ccccc2C(C)C)cc1.